The smallest absolute Gasteiger partial charge is 0.420 e. The van der Waals surface area contributed by atoms with Crippen LogP contribution in [0.4, 0.5) is 8.78 Å². The Labute approximate surface area is 256 Å². The third kappa shape index (κ3) is 6.01. The standard InChI is InChI=1S/C36H26F2N2O5/c1-21(23-11-13-26(14-12-23)35(42)43)39-34(41)29-17-28(27-15-16-30(37)31(38)18-27)19-32-33(29)40(36(44)45-32)20-22-7-9-25(10-8-22)24-5-3-2-4-6-24/h2-19,21H,20H2,1H3,(H,39,41)(H,42,43)/t21-/m0/s1. The summed E-state index contributed by atoms with van der Waals surface area (Å²) in [6, 6.07) is 29.5. The molecule has 0 saturated carbocycles. The van der Waals surface area contributed by atoms with Crippen LogP contribution in [0.25, 0.3) is 33.4 Å². The van der Waals surface area contributed by atoms with Crippen LogP contribution in [0, 0.1) is 11.6 Å². The number of oxazole rings is 1. The van der Waals surface area contributed by atoms with Gasteiger partial charge >= 0.3 is 11.7 Å². The van der Waals surface area contributed by atoms with E-state index in [1.54, 1.807) is 19.1 Å². The summed E-state index contributed by atoms with van der Waals surface area (Å²) in [6.07, 6.45) is 0. The molecule has 1 amide bonds. The Morgan fingerprint density at radius 3 is 2.13 bits per heavy atom. The number of carbonyl (C=O) groups is 2. The van der Waals surface area contributed by atoms with Crippen molar-refractivity contribution >= 4 is 23.0 Å². The number of rotatable bonds is 8. The maximum absolute atomic E-state index is 14.2. The van der Waals surface area contributed by atoms with Gasteiger partial charge < -0.3 is 14.8 Å². The molecule has 6 aromatic rings. The lowest BCUT2D eigenvalue weighted by atomic mass is 10.00. The van der Waals surface area contributed by atoms with Crippen LogP contribution in [0.2, 0.25) is 0 Å². The van der Waals surface area contributed by atoms with Crippen LogP contribution in [0.5, 0.6) is 0 Å². The van der Waals surface area contributed by atoms with Gasteiger partial charge in [0, 0.05) is 0 Å². The molecule has 0 aliphatic carbocycles. The van der Waals surface area contributed by atoms with E-state index in [-0.39, 0.29) is 34.3 Å². The van der Waals surface area contributed by atoms with Gasteiger partial charge in [0.2, 0.25) is 0 Å². The summed E-state index contributed by atoms with van der Waals surface area (Å²) < 4.78 is 34.8. The molecule has 2 N–H and O–H groups in total. The molecule has 0 unspecified atom stereocenters. The van der Waals surface area contributed by atoms with E-state index >= 15 is 0 Å². The van der Waals surface area contributed by atoms with E-state index in [1.807, 2.05) is 54.6 Å². The molecule has 5 aromatic carbocycles. The van der Waals surface area contributed by atoms with E-state index in [0.29, 0.717) is 11.1 Å². The molecule has 9 heteroatoms. The van der Waals surface area contributed by atoms with Crippen LogP contribution in [0.3, 0.4) is 0 Å². The number of halogens is 2. The average Bonchev–Trinajstić information content (AvgIpc) is 3.36. The molecule has 0 spiro atoms. The predicted octanol–water partition coefficient (Wildman–Crippen LogP) is 7.44. The molecule has 0 bridgehead atoms. The molecule has 1 aromatic heterocycles. The van der Waals surface area contributed by atoms with Crippen molar-refractivity contribution in [3.05, 3.63) is 154 Å². The number of amides is 1. The largest absolute Gasteiger partial charge is 0.478 e. The van der Waals surface area contributed by atoms with Gasteiger partial charge in [0.05, 0.1) is 23.7 Å². The molecule has 6 rings (SSSR count). The first-order valence-electron chi connectivity index (χ1n) is 14.1. The maximum atomic E-state index is 14.2. The molecule has 0 aliphatic heterocycles. The fourth-order valence-corrected chi connectivity index (χ4v) is 5.25. The molecule has 1 heterocycles. The van der Waals surface area contributed by atoms with E-state index in [4.69, 9.17) is 4.42 Å². The first-order chi connectivity index (χ1) is 21.7. The Kier molecular flexibility index (Phi) is 7.83. The van der Waals surface area contributed by atoms with Crippen LogP contribution < -0.4 is 11.1 Å². The third-order valence-electron chi connectivity index (χ3n) is 7.67. The van der Waals surface area contributed by atoms with Crippen molar-refractivity contribution < 1.29 is 27.9 Å². The zero-order chi connectivity index (χ0) is 31.7. The fourth-order valence-electron chi connectivity index (χ4n) is 5.25. The minimum atomic E-state index is -1.07. The van der Waals surface area contributed by atoms with E-state index in [1.165, 1.54) is 34.9 Å². The number of aromatic nitrogens is 1. The minimum Gasteiger partial charge on any atom is -0.478 e. The van der Waals surface area contributed by atoms with Crippen LogP contribution in [-0.4, -0.2) is 21.6 Å². The number of carboxylic acid groups (broad SMARTS) is 1. The highest BCUT2D eigenvalue weighted by Crippen LogP contribution is 2.30. The number of nitrogens with zero attached hydrogens (tertiary/aromatic N) is 1. The van der Waals surface area contributed by atoms with Crippen molar-refractivity contribution in [3.63, 3.8) is 0 Å². The Morgan fingerprint density at radius 1 is 0.800 bits per heavy atom. The zero-order valence-corrected chi connectivity index (χ0v) is 24.0. The first-order valence-corrected chi connectivity index (χ1v) is 14.1. The number of nitrogens with one attached hydrogen (secondary N) is 1. The monoisotopic (exact) mass is 604 g/mol. The second-order valence-electron chi connectivity index (χ2n) is 10.6. The lowest BCUT2D eigenvalue weighted by Crippen LogP contribution is -2.28. The molecule has 0 aliphatic rings. The second kappa shape index (κ2) is 12.0. The maximum Gasteiger partial charge on any atom is 0.420 e. The van der Waals surface area contributed by atoms with Crippen molar-refractivity contribution in [1.29, 1.82) is 0 Å². The predicted molar refractivity (Wildman–Crippen MR) is 166 cm³/mol. The number of benzene rings is 5. The highest BCUT2D eigenvalue weighted by Gasteiger charge is 2.23. The topological polar surface area (TPSA) is 102 Å². The van der Waals surface area contributed by atoms with Crippen molar-refractivity contribution in [2.45, 2.75) is 19.5 Å². The quantitative estimate of drug-likeness (QED) is 0.188. The Morgan fingerprint density at radius 2 is 1.47 bits per heavy atom. The molecule has 45 heavy (non-hydrogen) atoms. The summed E-state index contributed by atoms with van der Waals surface area (Å²) in [5, 5.41) is 12.1. The number of hydrogen-bond donors (Lipinski definition) is 2. The summed E-state index contributed by atoms with van der Waals surface area (Å²) in [7, 11) is 0. The van der Waals surface area contributed by atoms with Gasteiger partial charge in [-0.25, -0.2) is 18.4 Å². The highest BCUT2D eigenvalue weighted by molar-refractivity contribution is 6.06. The van der Waals surface area contributed by atoms with Crippen molar-refractivity contribution in [1.82, 2.24) is 9.88 Å². The van der Waals surface area contributed by atoms with Crippen LogP contribution in [-0.2, 0) is 6.54 Å². The molecule has 224 valence electrons. The van der Waals surface area contributed by atoms with E-state index in [2.05, 4.69) is 5.32 Å². The van der Waals surface area contributed by atoms with E-state index in [9.17, 15) is 28.3 Å². The number of carboxylic acids is 1. The first kappa shape index (κ1) is 29.3. The number of aromatic carboxylic acids is 1. The molecule has 0 saturated heterocycles. The molecule has 0 radical (unpaired) electrons. The van der Waals surface area contributed by atoms with Gasteiger partial charge in [-0.05, 0) is 76.7 Å². The molecule has 1 atom stereocenters. The average molecular weight is 605 g/mol. The van der Waals surface area contributed by atoms with Gasteiger partial charge in [-0.3, -0.25) is 9.36 Å². The number of carbonyl (C=O) groups excluding carboxylic acids is 1. The van der Waals surface area contributed by atoms with Gasteiger partial charge in [0.25, 0.3) is 5.91 Å². The Bertz CT molecular complexity index is 2100. The van der Waals surface area contributed by atoms with Gasteiger partial charge in [0.15, 0.2) is 17.2 Å². The van der Waals surface area contributed by atoms with Crippen molar-refractivity contribution in [3.8, 4) is 22.3 Å². The zero-order valence-electron chi connectivity index (χ0n) is 24.0. The molecular formula is C36H26F2N2O5. The van der Waals surface area contributed by atoms with E-state index in [0.717, 1.165) is 28.8 Å². The van der Waals surface area contributed by atoms with Crippen LogP contribution >= 0.6 is 0 Å². The normalized spacial score (nSPS) is 11.8. The van der Waals surface area contributed by atoms with Crippen molar-refractivity contribution in [2.75, 3.05) is 0 Å². The lowest BCUT2D eigenvalue weighted by molar-refractivity contribution is 0.0696. The van der Waals surface area contributed by atoms with Crippen molar-refractivity contribution in [2.24, 2.45) is 0 Å². The summed E-state index contributed by atoms with van der Waals surface area (Å²) in [5.74, 6) is -4.38. The SMILES string of the molecule is C[C@H](NC(=O)c1cc(-c2ccc(F)c(F)c2)cc2oc(=O)n(Cc3ccc(-c4ccccc4)cc3)c12)c1ccc(C(=O)O)cc1. The van der Waals surface area contributed by atoms with Crippen LogP contribution in [0.1, 0.15) is 44.8 Å². The summed E-state index contributed by atoms with van der Waals surface area (Å²) in [4.78, 5) is 38.3. The van der Waals surface area contributed by atoms with Gasteiger partial charge in [0.1, 0.15) is 5.52 Å². The van der Waals surface area contributed by atoms with E-state index < -0.39 is 35.3 Å². The number of hydrogen-bond acceptors (Lipinski definition) is 4. The summed E-state index contributed by atoms with van der Waals surface area (Å²) in [6.45, 7) is 1.85. The van der Waals surface area contributed by atoms with Gasteiger partial charge in [-0.1, -0.05) is 72.8 Å². The summed E-state index contributed by atoms with van der Waals surface area (Å²) >= 11 is 0. The van der Waals surface area contributed by atoms with Gasteiger partial charge in [-0.2, -0.15) is 0 Å². The minimum absolute atomic E-state index is 0.0907. The second-order valence-corrected chi connectivity index (χ2v) is 10.6. The summed E-state index contributed by atoms with van der Waals surface area (Å²) in [5.41, 5.74) is 4.68. The lowest BCUT2D eigenvalue weighted by Gasteiger charge is -2.16. The third-order valence-corrected chi connectivity index (χ3v) is 7.67. The number of fused-ring (bicyclic) bond motifs is 1. The molecular weight excluding hydrogens is 578 g/mol. The molecule has 7 nitrogen and oxygen atoms in total. The van der Waals surface area contributed by atoms with Gasteiger partial charge in [-0.15, -0.1) is 0 Å². The Balaban J connectivity index is 1.40. The highest BCUT2D eigenvalue weighted by atomic mass is 19.2. The Hall–Kier alpha value is -5.83. The van der Waals surface area contributed by atoms with Crippen LogP contribution in [0.15, 0.2) is 118 Å². The molecule has 0 fully saturated rings. The fraction of sp³-hybridized carbons (Fsp3) is 0.0833.